The van der Waals surface area contributed by atoms with Gasteiger partial charge in [0.05, 0.1) is 0 Å². The van der Waals surface area contributed by atoms with Gasteiger partial charge in [-0.05, 0) is 17.7 Å². The number of halogens is 2. The average Bonchev–Trinajstić information content (AvgIpc) is 2.16. The monoisotopic (exact) mass is 260 g/mol. The first-order valence-electron chi connectivity index (χ1n) is 4.48. The average molecular weight is 261 g/mol. The minimum Gasteiger partial charge on any atom is -0.494 e. The van der Waals surface area contributed by atoms with E-state index in [9.17, 15) is 4.79 Å². The van der Waals surface area contributed by atoms with Gasteiger partial charge in [-0.25, -0.2) is 0 Å². The Bertz CT molecular complexity index is 398. The largest absolute Gasteiger partial charge is 0.494 e. The van der Waals surface area contributed by atoms with Crippen LogP contribution in [0.25, 0.3) is 0 Å². The first-order valence-corrected chi connectivity index (χ1v) is 5.23. The molecule has 0 aliphatic carbocycles. The number of carbonyl (C=O) groups is 1. The number of benzene rings is 1. The molecule has 5 heteroatoms. The highest BCUT2D eigenvalue weighted by atomic mass is 35.5. The van der Waals surface area contributed by atoms with Gasteiger partial charge >= 0.3 is 5.97 Å². The first-order chi connectivity index (χ1) is 7.58. The molecule has 0 aliphatic heterocycles. The molecule has 1 aromatic carbocycles. The number of hydrogen-bond acceptors (Lipinski definition) is 3. The van der Waals surface area contributed by atoms with Crippen LogP contribution in [0.4, 0.5) is 0 Å². The van der Waals surface area contributed by atoms with E-state index in [1.807, 2.05) is 6.07 Å². The third-order valence-electron chi connectivity index (χ3n) is 1.58. The summed E-state index contributed by atoms with van der Waals surface area (Å²) in [4.78, 5) is 10.7. The van der Waals surface area contributed by atoms with Crippen LogP contribution in [0, 0.1) is 0 Å². The Kier molecular flexibility index (Phi) is 5.15. The SMILES string of the molecule is CC(=O)Oc1cccc(COC=C(Cl)Cl)c1. The Labute approximate surface area is 104 Å². The van der Waals surface area contributed by atoms with Crippen LogP contribution in [0.15, 0.2) is 35.0 Å². The summed E-state index contributed by atoms with van der Waals surface area (Å²) in [6, 6.07) is 7.00. The van der Waals surface area contributed by atoms with Gasteiger partial charge in [0.25, 0.3) is 0 Å². The molecule has 0 N–H and O–H groups in total. The quantitative estimate of drug-likeness (QED) is 0.473. The third-order valence-corrected chi connectivity index (χ3v) is 1.76. The second-order valence-corrected chi connectivity index (χ2v) is 3.97. The van der Waals surface area contributed by atoms with Gasteiger partial charge in [-0.1, -0.05) is 35.3 Å². The maximum atomic E-state index is 10.7. The molecule has 0 radical (unpaired) electrons. The van der Waals surface area contributed by atoms with Crippen molar-refractivity contribution >= 4 is 29.2 Å². The van der Waals surface area contributed by atoms with Crippen molar-refractivity contribution in [2.24, 2.45) is 0 Å². The van der Waals surface area contributed by atoms with Gasteiger partial charge in [0.15, 0.2) is 0 Å². The van der Waals surface area contributed by atoms with E-state index in [0.717, 1.165) is 5.56 Å². The summed E-state index contributed by atoms with van der Waals surface area (Å²) >= 11 is 10.8. The molecule has 0 bridgehead atoms. The van der Waals surface area contributed by atoms with Gasteiger partial charge in [-0.3, -0.25) is 4.79 Å². The topological polar surface area (TPSA) is 35.5 Å². The second kappa shape index (κ2) is 6.40. The van der Waals surface area contributed by atoms with E-state index in [0.29, 0.717) is 12.4 Å². The Hall–Kier alpha value is -1.19. The zero-order valence-corrected chi connectivity index (χ0v) is 10.1. The fraction of sp³-hybridized carbons (Fsp3) is 0.182. The van der Waals surface area contributed by atoms with E-state index >= 15 is 0 Å². The lowest BCUT2D eigenvalue weighted by atomic mass is 10.2. The van der Waals surface area contributed by atoms with Crippen molar-refractivity contribution in [2.45, 2.75) is 13.5 Å². The molecule has 3 nitrogen and oxygen atoms in total. The summed E-state index contributed by atoms with van der Waals surface area (Å²) in [6.07, 6.45) is 1.24. The molecule has 0 aromatic heterocycles. The zero-order chi connectivity index (χ0) is 12.0. The predicted octanol–water partition coefficient (Wildman–Crippen LogP) is 3.41. The van der Waals surface area contributed by atoms with Crippen LogP contribution in [0.5, 0.6) is 5.75 Å². The first kappa shape index (κ1) is 12.9. The summed E-state index contributed by atoms with van der Waals surface area (Å²) in [5.41, 5.74) is 0.851. The highest BCUT2D eigenvalue weighted by Crippen LogP contribution is 2.15. The van der Waals surface area contributed by atoms with E-state index in [4.69, 9.17) is 32.7 Å². The fourth-order valence-corrected chi connectivity index (χ4v) is 1.19. The molecule has 0 heterocycles. The van der Waals surface area contributed by atoms with Crippen molar-refractivity contribution in [1.29, 1.82) is 0 Å². The molecule has 0 saturated heterocycles. The number of hydrogen-bond donors (Lipinski definition) is 0. The van der Waals surface area contributed by atoms with Crippen molar-refractivity contribution in [3.8, 4) is 5.75 Å². The summed E-state index contributed by atoms with van der Waals surface area (Å²) in [7, 11) is 0. The van der Waals surface area contributed by atoms with Crippen LogP contribution >= 0.6 is 23.2 Å². The molecule has 0 aliphatic rings. The predicted molar refractivity (Wildman–Crippen MR) is 62.3 cm³/mol. The Morgan fingerprint density at radius 1 is 1.44 bits per heavy atom. The molecule has 0 amide bonds. The highest BCUT2D eigenvalue weighted by molar-refractivity contribution is 6.55. The van der Waals surface area contributed by atoms with Crippen LogP contribution in [-0.2, 0) is 16.1 Å². The fourth-order valence-electron chi connectivity index (χ4n) is 1.07. The van der Waals surface area contributed by atoms with Crippen LogP contribution in [-0.4, -0.2) is 5.97 Å². The minimum absolute atomic E-state index is 0.0520. The molecule has 1 rings (SSSR count). The van der Waals surface area contributed by atoms with Crippen molar-refractivity contribution < 1.29 is 14.3 Å². The summed E-state index contributed by atoms with van der Waals surface area (Å²) in [5.74, 6) is 0.122. The van der Waals surface area contributed by atoms with Crippen LogP contribution < -0.4 is 4.74 Å². The molecule has 1 aromatic rings. The molecule has 16 heavy (non-hydrogen) atoms. The Balaban J connectivity index is 2.60. The minimum atomic E-state index is -0.359. The molecule has 0 saturated carbocycles. The zero-order valence-electron chi connectivity index (χ0n) is 8.57. The van der Waals surface area contributed by atoms with Crippen LogP contribution in [0.2, 0.25) is 0 Å². The summed E-state index contributed by atoms with van der Waals surface area (Å²) in [5, 5.41) is 0. The Morgan fingerprint density at radius 3 is 2.81 bits per heavy atom. The molecular formula is C11H10Cl2O3. The smallest absolute Gasteiger partial charge is 0.308 e. The van der Waals surface area contributed by atoms with Crippen molar-refractivity contribution in [3.05, 3.63) is 40.6 Å². The summed E-state index contributed by atoms with van der Waals surface area (Å²) < 4.78 is 10.0. The molecule has 0 unspecified atom stereocenters. The number of carbonyl (C=O) groups excluding carboxylic acids is 1. The van der Waals surface area contributed by atoms with E-state index in [1.165, 1.54) is 13.2 Å². The number of esters is 1. The lowest BCUT2D eigenvalue weighted by Gasteiger charge is -2.04. The molecule has 86 valence electrons. The van der Waals surface area contributed by atoms with Gasteiger partial charge in [0.1, 0.15) is 23.1 Å². The lowest BCUT2D eigenvalue weighted by Crippen LogP contribution is -2.01. The maximum Gasteiger partial charge on any atom is 0.308 e. The van der Waals surface area contributed by atoms with Crippen molar-refractivity contribution in [1.82, 2.24) is 0 Å². The number of ether oxygens (including phenoxy) is 2. The standard InChI is InChI=1S/C11H10Cl2O3/c1-8(14)16-10-4-2-3-9(5-10)6-15-7-11(12)13/h2-5,7H,6H2,1H3. The highest BCUT2D eigenvalue weighted by Gasteiger charge is 1.99. The van der Waals surface area contributed by atoms with Gasteiger partial charge < -0.3 is 9.47 Å². The van der Waals surface area contributed by atoms with E-state index in [-0.39, 0.29) is 10.5 Å². The third kappa shape index (κ3) is 5.05. The second-order valence-electron chi connectivity index (χ2n) is 2.96. The van der Waals surface area contributed by atoms with E-state index in [2.05, 4.69) is 0 Å². The maximum absolute atomic E-state index is 10.7. The van der Waals surface area contributed by atoms with Gasteiger partial charge in [0.2, 0.25) is 0 Å². The molecule has 0 spiro atoms. The van der Waals surface area contributed by atoms with Crippen LogP contribution in [0.1, 0.15) is 12.5 Å². The molecular weight excluding hydrogens is 251 g/mol. The normalized spacial score (nSPS) is 9.44. The van der Waals surface area contributed by atoms with Crippen molar-refractivity contribution in [3.63, 3.8) is 0 Å². The van der Waals surface area contributed by atoms with E-state index in [1.54, 1.807) is 18.2 Å². The van der Waals surface area contributed by atoms with Gasteiger partial charge in [0, 0.05) is 6.92 Å². The lowest BCUT2D eigenvalue weighted by molar-refractivity contribution is -0.131. The molecule has 0 atom stereocenters. The van der Waals surface area contributed by atoms with Crippen molar-refractivity contribution in [2.75, 3.05) is 0 Å². The van der Waals surface area contributed by atoms with Crippen LogP contribution in [0.3, 0.4) is 0 Å². The molecule has 0 fully saturated rings. The Morgan fingerprint density at radius 2 is 2.19 bits per heavy atom. The van der Waals surface area contributed by atoms with Gasteiger partial charge in [-0.2, -0.15) is 0 Å². The van der Waals surface area contributed by atoms with Gasteiger partial charge in [-0.15, -0.1) is 0 Å². The summed E-state index contributed by atoms with van der Waals surface area (Å²) in [6.45, 7) is 1.65. The van der Waals surface area contributed by atoms with E-state index < -0.39 is 0 Å². The number of rotatable bonds is 4.